The second-order valence-electron chi connectivity index (χ2n) is 3.14. The van der Waals surface area contributed by atoms with Crippen molar-refractivity contribution in [2.45, 2.75) is 12.5 Å². The fourth-order valence-corrected chi connectivity index (χ4v) is 2.57. The summed E-state index contributed by atoms with van der Waals surface area (Å²) in [7, 11) is 0. The van der Waals surface area contributed by atoms with Crippen molar-refractivity contribution in [1.82, 2.24) is 4.90 Å². The molecule has 1 atom stereocenters. The van der Waals surface area contributed by atoms with Gasteiger partial charge in [0.15, 0.2) is 0 Å². The van der Waals surface area contributed by atoms with Crippen LogP contribution in [0.15, 0.2) is 17.5 Å². The summed E-state index contributed by atoms with van der Waals surface area (Å²) in [5, 5.41) is 2.15. The maximum atomic E-state index is 5.52. The molecular formula is C9H14N2S. The van der Waals surface area contributed by atoms with Gasteiger partial charge in [0.05, 0.1) is 0 Å². The van der Waals surface area contributed by atoms with Gasteiger partial charge in [-0.05, 0) is 17.9 Å². The molecule has 0 spiro atoms. The first kappa shape index (κ1) is 8.23. The lowest BCUT2D eigenvalue weighted by atomic mass is 10.0. The van der Waals surface area contributed by atoms with Gasteiger partial charge < -0.3 is 5.73 Å². The molecule has 1 aromatic rings. The molecule has 2 rings (SSSR count). The van der Waals surface area contributed by atoms with E-state index in [0.717, 1.165) is 13.1 Å². The molecular weight excluding hydrogens is 168 g/mol. The topological polar surface area (TPSA) is 29.3 Å². The molecule has 0 aromatic carbocycles. The Morgan fingerprint density at radius 1 is 1.67 bits per heavy atom. The largest absolute Gasteiger partial charge is 0.329 e. The maximum Gasteiger partial charge on any atom is 0.0454 e. The van der Waals surface area contributed by atoms with Crippen LogP contribution in [0.1, 0.15) is 17.3 Å². The Labute approximate surface area is 77.0 Å². The molecule has 66 valence electrons. The average Bonchev–Trinajstić information content (AvgIpc) is 2.51. The summed E-state index contributed by atoms with van der Waals surface area (Å²) in [6.07, 6.45) is 1.31. The highest BCUT2D eigenvalue weighted by atomic mass is 32.1. The minimum atomic E-state index is 0.675. The van der Waals surface area contributed by atoms with Gasteiger partial charge in [0.2, 0.25) is 0 Å². The molecule has 0 bridgehead atoms. The highest BCUT2D eigenvalue weighted by Crippen LogP contribution is 2.34. The van der Waals surface area contributed by atoms with Crippen LogP contribution in [-0.2, 0) is 0 Å². The van der Waals surface area contributed by atoms with Crippen LogP contribution in [0.25, 0.3) is 0 Å². The summed E-state index contributed by atoms with van der Waals surface area (Å²) >= 11 is 1.85. The Morgan fingerprint density at radius 2 is 2.58 bits per heavy atom. The van der Waals surface area contributed by atoms with E-state index < -0.39 is 0 Å². The summed E-state index contributed by atoms with van der Waals surface area (Å²) in [6.45, 7) is 3.05. The molecule has 1 fully saturated rings. The summed E-state index contributed by atoms with van der Waals surface area (Å²) in [5.41, 5.74) is 5.52. The van der Waals surface area contributed by atoms with E-state index in [1.165, 1.54) is 17.8 Å². The van der Waals surface area contributed by atoms with Crippen LogP contribution in [0.5, 0.6) is 0 Å². The van der Waals surface area contributed by atoms with E-state index in [0.29, 0.717) is 6.04 Å². The van der Waals surface area contributed by atoms with Crippen molar-refractivity contribution in [2.24, 2.45) is 5.73 Å². The molecule has 0 saturated carbocycles. The Bertz CT molecular complexity index is 233. The van der Waals surface area contributed by atoms with Crippen molar-refractivity contribution in [3.63, 3.8) is 0 Å². The molecule has 1 aliphatic rings. The van der Waals surface area contributed by atoms with E-state index in [-0.39, 0.29) is 0 Å². The third kappa shape index (κ3) is 1.40. The van der Waals surface area contributed by atoms with Gasteiger partial charge in [-0.25, -0.2) is 0 Å². The Kier molecular flexibility index (Phi) is 2.44. The predicted molar refractivity (Wildman–Crippen MR) is 52.3 cm³/mol. The fraction of sp³-hybridized carbons (Fsp3) is 0.556. The summed E-state index contributed by atoms with van der Waals surface area (Å²) in [6, 6.07) is 5.02. The minimum absolute atomic E-state index is 0.675. The number of nitrogens with zero attached hydrogens (tertiary/aromatic N) is 1. The molecule has 1 aromatic heterocycles. The lowest BCUT2D eigenvalue weighted by Gasteiger charge is -2.40. The van der Waals surface area contributed by atoms with Crippen molar-refractivity contribution < 1.29 is 0 Å². The van der Waals surface area contributed by atoms with Gasteiger partial charge in [-0.3, -0.25) is 4.90 Å². The van der Waals surface area contributed by atoms with E-state index in [1.807, 2.05) is 11.3 Å². The van der Waals surface area contributed by atoms with Gasteiger partial charge in [0.1, 0.15) is 0 Å². The highest BCUT2D eigenvalue weighted by molar-refractivity contribution is 7.10. The van der Waals surface area contributed by atoms with Crippen LogP contribution < -0.4 is 5.73 Å². The predicted octanol–water partition coefficient (Wildman–Crippen LogP) is 1.45. The smallest absolute Gasteiger partial charge is 0.0454 e. The van der Waals surface area contributed by atoms with Gasteiger partial charge in [0.25, 0.3) is 0 Å². The Morgan fingerprint density at radius 3 is 3.08 bits per heavy atom. The van der Waals surface area contributed by atoms with E-state index in [4.69, 9.17) is 5.73 Å². The van der Waals surface area contributed by atoms with Gasteiger partial charge in [0, 0.05) is 30.6 Å². The van der Waals surface area contributed by atoms with Crippen molar-refractivity contribution >= 4 is 11.3 Å². The Hall–Kier alpha value is -0.380. The maximum absolute atomic E-state index is 5.52. The summed E-state index contributed by atoms with van der Waals surface area (Å²) < 4.78 is 0. The molecule has 1 unspecified atom stereocenters. The summed E-state index contributed by atoms with van der Waals surface area (Å²) in [5.74, 6) is 0. The fourth-order valence-electron chi connectivity index (χ4n) is 1.68. The number of thiophene rings is 1. The first-order valence-corrected chi connectivity index (χ1v) is 5.27. The van der Waals surface area contributed by atoms with E-state index in [2.05, 4.69) is 22.4 Å². The quantitative estimate of drug-likeness (QED) is 0.766. The van der Waals surface area contributed by atoms with E-state index in [1.54, 1.807) is 0 Å². The number of rotatable bonds is 3. The van der Waals surface area contributed by atoms with Gasteiger partial charge in [-0.15, -0.1) is 11.3 Å². The first-order valence-electron chi connectivity index (χ1n) is 4.39. The molecule has 3 heteroatoms. The van der Waals surface area contributed by atoms with Crippen LogP contribution in [0.4, 0.5) is 0 Å². The second kappa shape index (κ2) is 3.56. The normalized spacial score (nSPS) is 23.9. The number of hydrogen-bond donors (Lipinski definition) is 1. The van der Waals surface area contributed by atoms with Crippen molar-refractivity contribution in [2.75, 3.05) is 19.6 Å². The molecule has 2 heterocycles. The Balaban J connectivity index is 1.97. The van der Waals surface area contributed by atoms with Crippen molar-refractivity contribution in [1.29, 1.82) is 0 Å². The molecule has 12 heavy (non-hydrogen) atoms. The molecule has 0 aliphatic carbocycles. The van der Waals surface area contributed by atoms with Crippen LogP contribution in [0, 0.1) is 0 Å². The van der Waals surface area contributed by atoms with Crippen LogP contribution in [-0.4, -0.2) is 24.5 Å². The molecule has 1 saturated heterocycles. The molecule has 2 N–H and O–H groups in total. The zero-order valence-electron chi connectivity index (χ0n) is 7.07. The third-order valence-electron chi connectivity index (χ3n) is 2.42. The van der Waals surface area contributed by atoms with E-state index >= 15 is 0 Å². The molecule has 2 nitrogen and oxygen atoms in total. The molecule has 0 radical (unpaired) electrons. The summed E-state index contributed by atoms with van der Waals surface area (Å²) in [4.78, 5) is 3.95. The first-order chi connectivity index (χ1) is 5.92. The SMILES string of the molecule is NCCN1CCC1c1cccs1. The van der Waals surface area contributed by atoms with Gasteiger partial charge in [-0.1, -0.05) is 6.07 Å². The second-order valence-corrected chi connectivity index (χ2v) is 4.12. The highest BCUT2D eigenvalue weighted by Gasteiger charge is 2.28. The average molecular weight is 182 g/mol. The third-order valence-corrected chi connectivity index (χ3v) is 3.39. The lowest BCUT2D eigenvalue weighted by Crippen LogP contribution is -2.43. The monoisotopic (exact) mass is 182 g/mol. The molecule has 0 amide bonds. The standard InChI is InChI=1S/C9H14N2S/c10-4-6-11-5-3-8(11)9-2-1-7-12-9/h1-2,7-8H,3-6,10H2. The zero-order valence-corrected chi connectivity index (χ0v) is 7.89. The zero-order chi connectivity index (χ0) is 8.39. The van der Waals surface area contributed by atoms with Crippen LogP contribution in [0.3, 0.4) is 0 Å². The number of hydrogen-bond acceptors (Lipinski definition) is 3. The van der Waals surface area contributed by atoms with Crippen molar-refractivity contribution in [3.8, 4) is 0 Å². The van der Waals surface area contributed by atoms with Crippen LogP contribution in [0.2, 0.25) is 0 Å². The number of likely N-dealkylation sites (tertiary alicyclic amines) is 1. The van der Waals surface area contributed by atoms with E-state index in [9.17, 15) is 0 Å². The lowest BCUT2D eigenvalue weighted by molar-refractivity contribution is 0.0978. The van der Waals surface area contributed by atoms with Crippen LogP contribution >= 0.6 is 11.3 Å². The van der Waals surface area contributed by atoms with Crippen molar-refractivity contribution in [3.05, 3.63) is 22.4 Å². The van der Waals surface area contributed by atoms with Gasteiger partial charge in [-0.2, -0.15) is 0 Å². The minimum Gasteiger partial charge on any atom is -0.329 e. The number of nitrogens with two attached hydrogens (primary N) is 1. The van der Waals surface area contributed by atoms with Gasteiger partial charge >= 0.3 is 0 Å². The molecule has 1 aliphatic heterocycles.